The first-order valence-electron chi connectivity index (χ1n) is 8.59. The zero-order chi connectivity index (χ0) is 14.4. The summed E-state index contributed by atoms with van der Waals surface area (Å²) in [6, 6.07) is 3.33. The molecule has 1 saturated heterocycles. The number of nitrogens with one attached hydrogen (secondary N) is 1. The van der Waals surface area contributed by atoms with E-state index in [-0.39, 0.29) is 5.54 Å². The van der Waals surface area contributed by atoms with Gasteiger partial charge < -0.3 is 4.90 Å². The number of fused-ring (bicyclic) bond motifs is 1. The number of rotatable bonds is 7. The number of hydrogen-bond acceptors (Lipinski definition) is 3. The van der Waals surface area contributed by atoms with Crippen LogP contribution in [0.3, 0.4) is 0 Å². The highest BCUT2D eigenvalue weighted by Gasteiger charge is 2.34. The molecule has 3 unspecified atom stereocenters. The fraction of sp³-hybridized carbons (Fsp3) is 0.941. The number of likely N-dealkylation sites (tertiary alicyclic amines) is 1. The summed E-state index contributed by atoms with van der Waals surface area (Å²) in [7, 11) is 0. The van der Waals surface area contributed by atoms with E-state index in [2.05, 4.69) is 30.1 Å². The van der Waals surface area contributed by atoms with Crippen molar-refractivity contribution in [1.29, 1.82) is 5.26 Å². The SMILES string of the molecule is CCCNC(C)(C#N)CCCN1CCCC2CCCC21. The molecule has 3 atom stereocenters. The van der Waals surface area contributed by atoms with Gasteiger partial charge in [0.15, 0.2) is 0 Å². The number of nitrogens with zero attached hydrogens (tertiary/aromatic N) is 2. The molecule has 0 amide bonds. The van der Waals surface area contributed by atoms with Crippen LogP contribution in [0, 0.1) is 17.2 Å². The van der Waals surface area contributed by atoms with Crippen LogP contribution in [0.2, 0.25) is 0 Å². The maximum absolute atomic E-state index is 9.37. The summed E-state index contributed by atoms with van der Waals surface area (Å²) in [5, 5.41) is 12.8. The highest BCUT2D eigenvalue weighted by atomic mass is 15.2. The molecule has 0 aromatic carbocycles. The smallest absolute Gasteiger partial charge is 0.103 e. The predicted molar refractivity (Wildman–Crippen MR) is 83.5 cm³/mol. The molecule has 3 heteroatoms. The van der Waals surface area contributed by atoms with Crippen LogP contribution < -0.4 is 5.32 Å². The Kier molecular flexibility index (Phi) is 5.86. The summed E-state index contributed by atoms with van der Waals surface area (Å²) < 4.78 is 0. The molecule has 0 spiro atoms. The van der Waals surface area contributed by atoms with Gasteiger partial charge in [-0.15, -0.1) is 0 Å². The molecular formula is C17H31N3. The second kappa shape index (κ2) is 7.43. The van der Waals surface area contributed by atoms with Crippen LogP contribution in [0.25, 0.3) is 0 Å². The zero-order valence-electron chi connectivity index (χ0n) is 13.3. The van der Waals surface area contributed by atoms with E-state index in [0.29, 0.717) is 0 Å². The van der Waals surface area contributed by atoms with Gasteiger partial charge in [0.25, 0.3) is 0 Å². The molecule has 1 heterocycles. The molecule has 1 saturated carbocycles. The monoisotopic (exact) mass is 277 g/mol. The van der Waals surface area contributed by atoms with Crippen LogP contribution in [0.15, 0.2) is 0 Å². The summed E-state index contributed by atoms with van der Waals surface area (Å²) in [4.78, 5) is 2.72. The average Bonchev–Trinajstić information content (AvgIpc) is 2.94. The number of nitriles is 1. The average molecular weight is 277 g/mol. The fourth-order valence-corrected chi connectivity index (χ4v) is 4.06. The minimum absolute atomic E-state index is 0.332. The molecule has 20 heavy (non-hydrogen) atoms. The lowest BCUT2D eigenvalue weighted by Crippen LogP contribution is -2.45. The summed E-state index contributed by atoms with van der Waals surface area (Å²) in [6.45, 7) is 7.62. The molecule has 114 valence electrons. The van der Waals surface area contributed by atoms with E-state index in [1.54, 1.807) is 0 Å². The van der Waals surface area contributed by atoms with Crippen LogP contribution in [0.1, 0.15) is 65.2 Å². The molecule has 2 aliphatic rings. The van der Waals surface area contributed by atoms with Crippen LogP contribution in [0.4, 0.5) is 0 Å². The lowest BCUT2D eigenvalue weighted by Gasteiger charge is -2.38. The van der Waals surface area contributed by atoms with E-state index < -0.39 is 0 Å². The number of piperidine rings is 1. The molecule has 0 aromatic heterocycles. The summed E-state index contributed by atoms with van der Waals surface area (Å²) in [5.74, 6) is 0.976. The highest BCUT2D eigenvalue weighted by molar-refractivity contribution is 5.03. The Balaban J connectivity index is 1.75. The minimum atomic E-state index is -0.332. The van der Waals surface area contributed by atoms with Crippen molar-refractivity contribution < 1.29 is 0 Å². The Morgan fingerprint density at radius 2 is 2.10 bits per heavy atom. The maximum atomic E-state index is 9.37. The first kappa shape index (κ1) is 15.8. The van der Waals surface area contributed by atoms with Crippen LogP contribution >= 0.6 is 0 Å². The molecule has 0 bridgehead atoms. The van der Waals surface area contributed by atoms with Gasteiger partial charge in [0, 0.05) is 6.04 Å². The van der Waals surface area contributed by atoms with Gasteiger partial charge in [0.1, 0.15) is 5.54 Å². The standard InChI is InChI=1S/C17H31N3/c1-3-11-19-17(2,14-18)10-6-13-20-12-5-8-15-7-4-9-16(15)20/h15-16,19H,3-13H2,1-2H3. The van der Waals surface area contributed by atoms with Crippen molar-refractivity contribution in [2.75, 3.05) is 19.6 Å². The zero-order valence-corrected chi connectivity index (χ0v) is 13.3. The lowest BCUT2D eigenvalue weighted by molar-refractivity contribution is 0.109. The Morgan fingerprint density at radius 1 is 1.30 bits per heavy atom. The van der Waals surface area contributed by atoms with Crippen molar-refractivity contribution in [3.8, 4) is 6.07 Å². The summed E-state index contributed by atoms with van der Waals surface area (Å²) in [6.07, 6.45) is 10.3. The van der Waals surface area contributed by atoms with Gasteiger partial charge in [-0.05, 0) is 77.4 Å². The van der Waals surface area contributed by atoms with Crippen molar-refractivity contribution in [2.45, 2.75) is 76.8 Å². The fourth-order valence-electron chi connectivity index (χ4n) is 4.06. The molecule has 1 N–H and O–H groups in total. The lowest BCUT2D eigenvalue weighted by atomic mass is 9.91. The topological polar surface area (TPSA) is 39.1 Å². The van der Waals surface area contributed by atoms with Gasteiger partial charge in [0.05, 0.1) is 6.07 Å². The van der Waals surface area contributed by atoms with E-state index >= 15 is 0 Å². The summed E-state index contributed by atoms with van der Waals surface area (Å²) >= 11 is 0. The second-order valence-corrected chi connectivity index (χ2v) is 6.91. The van der Waals surface area contributed by atoms with E-state index in [1.165, 1.54) is 45.2 Å². The Morgan fingerprint density at radius 3 is 2.85 bits per heavy atom. The van der Waals surface area contributed by atoms with Gasteiger partial charge in [-0.25, -0.2) is 0 Å². The quantitative estimate of drug-likeness (QED) is 0.776. The van der Waals surface area contributed by atoms with E-state index in [9.17, 15) is 5.26 Å². The minimum Gasteiger partial charge on any atom is -0.300 e. The van der Waals surface area contributed by atoms with Gasteiger partial charge in [-0.1, -0.05) is 13.3 Å². The Hall–Kier alpha value is -0.590. The third-order valence-electron chi connectivity index (χ3n) is 5.24. The molecule has 0 aromatic rings. The molecular weight excluding hydrogens is 246 g/mol. The molecule has 2 fully saturated rings. The predicted octanol–water partition coefficient (Wildman–Crippen LogP) is 3.31. The van der Waals surface area contributed by atoms with Gasteiger partial charge in [-0.3, -0.25) is 5.32 Å². The normalized spacial score (nSPS) is 29.6. The second-order valence-electron chi connectivity index (χ2n) is 6.91. The van der Waals surface area contributed by atoms with Gasteiger partial charge in [-0.2, -0.15) is 5.26 Å². The number of hydrogen-bond donors (Lipinski definition) is 1. The molecule has 3 nitrogen and oxygen atoms in total. The van der Waals surface area contributed by atoms with Crippen LogP contribution in [-0.4, -0.2) is 36.1 Å². The molecule has 0 radical (unpaired) electrons. The third kappa shape index (κ3) is 3.96. The summed E-state index contributed by atoms with van der Waals surface area (Å²) in [5.41, 5.74) is -0.332. The van der Waals surface area contributed by atoms with Gasteiger partial charge in [0.2, 0.25) is 0 Å². The molecule has 2 rings (SSSR count). The van der Waals surface area contributed by atoms with Crippen LogP contribution in [0.5, 0.6) is 0 Å². The maximum Gasteiger partial charge on any atom is 0.103 e. The first-order chi connectivity index (χ1) is 9.68. The van der Waals surface area contributed by atoms with Crippen molar-refractivity contribution in [1.82, 2.24) is 10.2 Å². The van der Waals surface area contributed by atoms with E-state index in [0.717, 1.165) is 37.8 Å². The highest BCUT2D eigenvalue weighted by Crippen LogP contribution is 2.36. The van der Waals surface area contributed by atoms with Gasteiger partial charge >= 0.3 is 0 Å². The van der Waals surface area contributed by atoms with E-state index in [1.807, 2.05) is 0 Å². The first-order valence-corrected chi connectivity index (χ1v) is 8.59. The Labute approximate surface area is 124 Å². The van der Waals surface area contributed by atoms with Crippen molar-refractivity contribution in [3.63, 3.8) is 0 Å². The van der Waals surface area contributed by atoms with Crippen LogP contribution in [-0.2, 0) is 0 Å². The largest absolute Gasteiger partial charge is 0.300 e. The molecule has 1 aliphatic heterocycles. The van der Waals surface area contributed by atoms with Crippen molar-refractivity contribution >= 4 is 0 Å². The van der Waals surface area contributed by atoms with Crippen molar-refractivity contribution in [2.24, 2.45) is 5.92 Å². The Bertz CT molecular complexity index is 336. The third-order valence-corrected chi connectivity index (χ3v) is 5.24. The van der Waals surface area contributed by atoms with Crippen molar-refractivity contribution in [3.05, 3.63) is 0 Å². The van der Waals surface area contributed by atoms with E-state index in [4.69, 9.17) is 0 Å². The molecule has 1 aliphatic carbocycles.